The van der Waals surface area contributed by atoms with Gasteiger partial charge in [-0.1, -0.05) is 95.0 Å². The fourth-order valence-corrected chi connectivity index (χ4v) is 10.8. The van der Waals surface area contributed by atoms with Crippen molar-refractivity contribution in [3.63, 3.8) is 0 Å². The molecule has 0 heterocycles. The number of rotatable bonds is 4. The topological polar surface area (TPSA) is 0 Å². The Balaban J connectivity index is 1.87. The van der Waals surface area contributed by atoms with Crippen LogP contribution in [0.2, 0.25) is 0 Å². The van der Waals surface area contributed by atoms with Gasteiger partial charge in [0, 0.05) is 19.4 Å². The van der Waals surface area contributed by atoms with Crippen molar-refractivity contribution in [1.29, 1.82) is 0 Å². The fraction of sp³-hybridized carbons (Fsp3) is 0.429. The summed E-state index contributed by atoms with van der Waals surface area (Å²) in [7, 11) is -1.06. The zero-order valence-electron chi connectivity index (χ0n) is 19.9. The lowest BCUT2D eigenvalue weighted by Gasteiger charge is -2.46. The van der Waals surface area contributed by atoms with E-state index < -0.39 is 10.0 Å². The van der Waals surface area contributed by atoms with Gasteiger partial charge < -0.3 is 0 Å². The number of hydrogen-bond acceptors (Lipinski definition) is 0. The van der Waals surface area contributed by atoms with Gasteiger partial charge >= 0.3 is 0 Å². The second-order valence-electron chi connectivity index (χ2n) is 10.3. The monoisotopic (exact) mass is 560 g/mol. The first kappa shape index (κ1) is 23.4. The zero-order chi connectivity index (χ0) is 22.8. The molecule has 0 bridgehead atoms. The van der Waals surface area contributed by atoms with Crippen LogP contribution in [0.1, 0.15) is 97.3 Å². The SMILES string of the molecule is CC1=Cc2c(Br)cc(C(C)C)cc2C1S(C)(C)C1C(C)=Cc2c(Br)cc(C(C)C)cc21. The Morgan fingerprint density at radius 2 is 1.03 bits per heavy atom. The normalized spacial score (nSPS) is 20.8. The lowest BCUT2D eigenvalue weighted by atomic mass is 9.98. The maximum atomic E-state index is 3.89. The van der Waals surface area contributed by atoms with Crippen LogP contribution in [0, 0.1) is 0 Å². The summed E-state index contributed by atoms with van der Waals surface area (Å²) in [6, 6.07) is 9.62. The summed E-state index contributed by atoms with van der Waals surface area (Å²) < 4.78 is 2.49. The van der Waals surface area contributed by atoms with E-state index >= 15 is 0 Å². The average molecular weight is 562 g/mol. The number of fused-ring (bicyclic) bond motifs is 2. The van der Waals surface area contributed by atoms with Gasteiger partial charge in [-0.2, -0.15) is 0 Å². The van der Waals surface area contributed by atoms with Crippen molar-refractivity contribution < 1.29 is 0 Å². The lowest BCUT2D eigenvalue weighted by Crippen LogP contribution is -2.17. The smallest absolute Gasteiger partial charge is 0.0361 e. The summed E-state index contributed by atoms with van der Waals surface area (Å²) >= 11 is 7.78. The van der Waals surface area contributed by atoms with Crippen molar-refractivity contribution in [2.45, 2.75) is 63.9 Å². The molecule has 2 aliphatic carbocycles. The van der Waals surface area contributed by atoms with Crippen molar-refractivity contribution >= 4 is 54.0 Å². The summed E-state index contributed by atoms with van der Waals surface area (Å²) in [6.45, 7) is 13.9. The third-order valence-electron chi connectivity index (χ3n) is 7.05. The van der Waals surface area contributed by atoms with Crippen molar-refractivity contribution in [2.24, 2.45) is 0 Å². The van der Waals surface area contributed by atoms with E-state index in [4.69, 9.17) is 0 Å². The minimum atomic E-state index is -1.06. The number of halogens is 2. The largest absolute Gasteiger partial charge is 0.226 e. The summed E-state index contributed by atoms with van der Waals surface area (Å²) in [4.78, 5) is 0. The van der Waals surface area contributed by atoms with E-state index in [-0.39, 0.29) is 0 Å². The van der Waals surface area contributed by atoms with Gasteiger partial charge in [-0.05, 0) is 83.7 Å². The fourth-order valence-electron chi connectivity index (χ4n) is 5.57. The highest BCUT2D eigenvalue weighted by molar-refractivity contribution is 9.10. The van der Waals surface area contributed by atoms with Crippen LogP contribution in [0.15, 0.2) is 44.4 Å². The second kappa shape index (κ2) is 8.22. The third-order valence-corrected chi connectivity index (χ3v) is 12.0. The predicted octanol–water partition coefficient (Wildman–Crippen LogP) is 10.1. The molecule has 2 aliphatic rings. The van der Waals surface area contributed by atoms with Gasteiger partial charge in [0.1, 0.15) is 0 Å². The molecule has 0 aliphatic heterocycles. The maximum absolute atomic E-state index is 3.89. The van der Waals surface area contributed by atoms with Gasteiger partial charge in [-0.25, -0.2) is 10.0 Å². The van der Waals surface area contributed by atoms with Crippen LogP contribution < -0.4 is 0 Å². The van der Waals surface area contributed by atoms with Gasteiger partial charge in [0.05, 0.1) is 0 Å². The minimum absolute atomic E-state index is 0.485. The predicted molar refractivity (Wildman–Crippen MR) is 149 cm³/mol. The Labute approximate surface area is 207 Å². The van der Waals surface area contributed by atoms with E-state index in [9.17, 15) is 0 Å². The minimum Gasteiger partial charge on any atom is -0.226 e. The van der Waals surface area contributed by atoms with E-state index in [0.717, 1.165) is 0 Å². The Morgan fingerprint density at radius 3 is 1.35 bits per heavy atom. The molecule has 2 aromatic carbocycles. The first-order valence-corrected chi connectivity index (χ1v) is 15.3. The molecule has 0 N–H and O–H groups in total. The van der Waals surface area contributed by atoms with Crippen molar-refractivity contribution in [2.75, 3.05) is 12.5 Å². The van der Waals surface area contributed by atoms with Crippen LogP contribution in [-0.4, -0.2) is 12.5 Å². The molecule has 31 heavy (non-hydrogen) atoms. The molecule has 2 unspecified atom stereocenters. The molecule has 0 amide bonds. The molecule has 0 aromatic heterocycles. The van der Waals surface area contributed by atoms with Crippen LogP contribution in [-0.2, 0) is 0 Å². The highest BCUT2D eigenvalue weighted by Crippen LogP contribution is 2.72. The Morgan fingerprint density at radius 1 is 0.677 bits per heavy atom. The van der Waals surface area contributed by atoms with Gasteiger partial charge in [-0.3, -0.25) is 0 Å². The number of benzene rings is 2. The molecule has 0 spiro atoms. The van der Waals surface area contributed by atoms with Gasteiger partial charge in [0.15, 0.2) is 0 Å². The van der Waals surface area contributed by atoms with Crippen LogP contribution in [0.4, 0.5) is 0 Å². The second-order valence-corrected chi connectivity index (χ2v) is 16.0. The first-order chi connectivity index (χ1) is 14.4. The summed E-state index contributed by atoms with van der Waals surface area (Å²) in [5.74, 6) is 1.05. The van der Waals surface area contributed by atoms with Crippen molar-refractivity contribution in [1.82, 2.24) is 0 Å². The quantitative estimate of drug-likeness (QED) is 0.348. The molecule has 166 valence electrons. The van der Waals surface area contributed by atoms with Gasteiger partial charge in [-0.15, -0.1) is 0 Å². The van der Waals surface area contributed by atoms with E-state index in [1.54, 1.807) is 0 Å². The van der Waals surface area contributed by atoms with Gasteiger partial charge in [0.25, 0.3) is 0 Å². The maximum Gasteiger partial charge on any atom is 0.0361 e. The highest BCUT2D eigenvalue weighted by Gasteiger charge is 2.42. The molecule has 0 saturated heterocycles. The lowest BCUT2D eigenvalue weighted by molar-refractivity contribution is 0.860. The molecular formula is C28H34Br2S. The van der Waals surface area contributed by atoms with Crippen LogP contribution in [0.5, 0.6) is 0 Å². The standard InChI is InChI=1S/C28H34Br2S/c1-15(2)19-11-23-21(25(29)13-19)9-17(5)27(23)31(7,8)28-18(6)10-22-24(28)12-20(16(3)4)14-26(22)30/h9-16,27-28H,1-8H3. The molecule has 0 nitrogen and oxygen atoms in total. The molecule has 2 aromatic rings. The molecule has 3 heteroatoms. The van der Waals surface area contributed by atoms with E-state index in [0.29, 0.717) is 22.3 Å². The molecular weight excluding hydrogens is 528 g/mol. The molecule has 2 atom stereocenters. The summed E-state index contributed by atoms with van der Waals surface area (Å²) in [5, 5.41) is 0.969. The Kier molecular flexibility index (Phi) is 6.20. The number of hydrogen-bond donors (Lipinski definition) is 0. The van der Waals surface area contributed by atoms with E-state index in [1.807, 2.05) is 0 Å². The van der Waals surface area contributed by atoms with Crippen LogP contribution >= 0.6 is 41.9 Å². The van der Waals surface area contributed by atoms with E-state index in [2.05, 4.69) is 122 Å². The summed E-state index contributed by atoms with van der Waals surface area (Å²) in [6.07, 6.45) is 9.98. The van der Waals surface area contributed by atoms with Crippen molar-refractivity contribution in [3.8, 4) is 0 Å². The van der Waals surface area contributed by atoms with Gasteiger partial charge in [0.2, 0.25) is 0 Å². The summed E-state index contributed by atoms with van der Waals surface area (Å²) in [5.41, 5.74) is 11.7. The third kappa shape index (κ3) is 3.83. The molecule has 0 saturated carbocycles. The first-order valence-electron chi connectivity index (χ1n) is 11.2. The Hall–Kier alpha value is -0.770. The Bertz CT molecular complexity index is 1030. The molecule has 0 radical (unpaired) electrons. The zero-order valence-corrected chi connectivity index (χ0v) is 23.9. The molecule has 0 fully saturated rings. The highest BCUT2D eigenvalue weighted by atomic mass is 79.9. The average Bonchev–Trinajstić information content (AvgIpc) is 3.18. The van der Waals surface area contributed by atoms with Crippen LogP contribution in [0.25, 0.3) is 12.2 Å². The molecule has 4 rings (SSSR count). The van der Waals surface area contributed by atoms with Crippen molar-refractivity contribution in [3.05, 3.63) is 77.7 Å². The van der Waals surface area contributed by atoms with E-state index in [1.165, 1.54) is 53.5 Å². The van der Waals surface area contributed by atoms with Crippen LogP contribution in [0.3, 0.4) is 0 Å².